The third-order valence-corrected chi connectivity index (χ3v) is 2.94. The molecule has 0 amide bonds. The zero-order chi connectivity index (χ0) is 14.7. The van der Waals surface area contributed by atoms with Crippen LogP contribution in [0.4, 0.5) is 5.69 Å². The molecule has 0 N–H and O–H groups in total. The Labute approximate surface area is 115 Å². The predicted molar refractivity (Wildman–Crippen MR) is 71.5 cm³/mol. The summed E-state index contributed by atoms with van der Waals surface area (Å²) in [6.45, 7) is 3.96. The van der Waals surface area contributed by atoms with E-state index in [4.69, 9.17) is 5.26 Å². The Hall–Kier alpha value is -2.75. The smallest absolute Gasteiger partial charge is 0.258 e. The SMILES string of the molecule is CCc1cc(CC)n(-c2ncc([N+](=O)[O-])cc2C#N)n1. The van der Waals surface area contributed by atoms with Crippen LogP contribution in [0.2, 0.25) is 0 Å². The molecule has 0 saturated heterocycles. The highest BCUT2D eigenvalue weighted by molar-refractivity contribution is 5.49. The molecule has 20 heavy (non-hydrogen) atoms. The molecular weight excluding hydrogens is 258 g/mol. The molecule has 0 aliphatic carbocycles. The number of nitrogens with zero attached hydrogens (tertiary/aromatic N) is 5. The topological polar surface area (TPSA) is 97.6 Å². The zero-order valence-corrected chi connectivity index (χ0v) is 11.2. The van der Waals surface area contributed by atoms with E-state index in [0.717, 1.165) is 30.4 Å². The molecule has 7 heteroatoms. The minimum Gasteiger partial charge on any atom is -0.258 e. The molecule has 2 rings (SSSR count). The van der Waals surface area contributed by atoms with Gasteiger partial charge >= 0.3 is 0 Å². The van der Waals surface area contributed by atoms with Gasteiger partial charge in [-0.1, -0.05) is 13.8 Å². The first kappa shape index (κ1) is 13.7. The lowest BCUT2D eigenvalue weighted by molar-refractivity contribution is -0.385. The summed E-state index contributed by atoms with van der Waals surface area (Å²) in [6.07, 6.45) is 2.65. The molecule has 0 spiro atoms. The van der Waals surface area contributed by atoms with Crippen LogP contribution in [0.1, 0.15) is 30.8 Å². The Morgan fingerprint density at radius 3 is 2.70 bits per heavy atom. The van der Waals surface area contributed by atoms with Gasteiger partial charge in [0.2, 0.25) is 0 Å². The van der Waals surface area contributed by atoms with Gasteiger partial charge in [-0.3, -0.25) is 10.1 Å². The van der Waals surface area contributed by atoms with Crippen molar-refractivity contribution in [3.8, 4) is 11.9 Å². The number of hydrogen-bond donors (Lipinski definition) is 0. The standard InChI is InChI=1S/C13H13N5O2/c1-3-10-6-11(4-2)17(16-10)13-9(7-14)5-12(8-15-13)18(19)20/h5-6,8H,3-4H2,1-2H3. The molecule has 0 aliphatic heterocycles. The molecule has 2 aromatic heterocycles. The highest BCUT2D eigenvalue weighted by Crippen LogP contribution is 2.20. The number of nitriles is 1. The van der Waals surface area contributed by atoms with Gasteiger partial charge in [-0.05, 0) is 18.9 Å². The van der Waals surface area contributed by atoms with Crippen molar-refractivity contribution < 1.29 is 4.92 Å². The Morgan fingerprint density at radius 2 is 2.15 bits per heavy atom. The summed E-state index contributed by atoms with van der Waals surface area (Å²) in [6, 6.07) is 5.11. The lowest BCUT2D eigenvalue weighted by Gasteiger charge is -2.06. The van der Waals surface area contributed by atoms with Crippen molar-refractivity contribution in [2.75, 3.05) is 0 Å². The lowest BCUT2D eigenvalue weighted by Crippen LogP contribution is -2.07. The van der Waals surface area contributed by atoms with E-state index in [2.05, 4.69) is 10.1 Å². The molecule has 102 valence electrons. The van der Waals surface area contributed by atoms with E-state index in [9.17, 15) is 10.1 Å². The molecule has 2 aromatic rings. The van der Waals surface area contributed by atoms with Crippen LogP contribution in [0.15, 0.2) is 18.3 Å². The van der Waals surface area contributed by atoms with Gasteiger partial charge in [-0.15, -0.1) is 0 Å². The first-order valence-electron chi connectivity index (χ1n) is 6.23. The number of aromatic nitrogens is 3. The molecule has 0 bridgehead atoms. The summed E-state index contributed by atoms with van der Waals surface area (Å²) >= 11 is 0. The highest BCUT2D eigenvalue weighted by atomic mass is 16.6. The Balaban J connectivity index is 2.61. The molecule has 0 radical (unpaired) electrons. The van der Waals surface area contributed by atoms with Gasteiger partial charge in [0.15, 0.2) is 5.82 Å². The number of nitro groups is 1. The van der Waals surface area contributed by atoms with E-state index < -0.39 is 4.92 Å². The maximum Gasteiger partial charge on any atom is 0.289 e. The number of hydrogen-bond acceptors (Lipinski definition) is 5. The fourth-order valence-corrected chi connectivity index (χ4v) is 1.88. The fraction of sp³-hybridized carbons (Fsp3) is 0.308. The molecule has 0 aliphatic rings. The van der Waals surface area contributed by atoms with Gasteiger partial charge in [0, 0.05) is 11.8 Å². The monoisotopic (exact) mass is 271 g/mol. The molecule has 0 saturated carbocycles. The van der Waals surface area contributed by atoms with Gasteiger partial charge in [0.1, 0.15) is 17.8 Å². The highest BCUT2D eigenvalue weighted by Gasteiger charge is 2.16. The molecular formula is C13H13N5O2. The third-order valence-electron chi connectivity index (χ3n) is 2.94. The largest absolute Gasteiger partial charge is 0.289 e. The van der Waals surface area contributed by atoms with Crippen LogP contribution < -0.4 is 0 Å². The van der Waals surface area contributed by atoms with Gasteiger partial charge < -0.3 is 0 Å². The number of rotatable bonds is 4. The molecule has 2 heterocycles. The van der Waals surface area contributed by atoms with Gasteiger partial charge in [0.25, 0.3) is 5.69 Å². The normalized spacial score (nSPS) is 10.2. The summed E-state index contributed by atoms with van der Waals surface area (Å²) < 4.78 is 1.58. The van der Waals surface area contributed by atoms with Gasteiger partial charge in [0.05, 0.1) is 10.6 Å². The van der Waals surface area contributed by atoms with E-state index in [1.54, 1.807) is 4.68 Å². The molecule has 7 nitrogen and oxygen atoms in total. The van der Waals surface area contributed by atoms with Crippen LogP contribution in [0.3, 0.4) is 0 Å². The van der Waals surface area contributed by atoms with E-state index in [0.29, 0.717) is 5.82 Å². The minimum atomic E-state index is -0.571. The second-order valence-electron chi connectivity index (χ2n) is 4.18. The van der Waals surface area contributed by atoms with E-state index in [1.165, 1.54) is 6.07 Å². The zero-order valence-electron chi connectivity index (χ0n) is 11.2. The van der Waals surface area contributed by atoms with Crippen molar-refractivity contribution in [3.63, 3.8) is 0 Å². The average molecular weight is 271 g/mol. The minimum absolute atomic E-state index is 0.139. The van der Waals surface area contributed by atoms with Gasteiger partial charge in [-0.25, -0.2) is 9.67 Å². The third kappa shape index (κ3) is 2.36. The Kier molecular flexibility index (Phi) is 3.75. The fourth-order valence-electron chi connectivity index (χ4n) is 1.88. The van der Waals surface area contributed by atoms with E-state index >= 15 is 0 Å². The van der Waals surface area contributed by atoms with Crippen LogP contribution in [0.5, 0.6) is 0 Å². The summed E-state index contributed by atoms with van der Waals surface area (Å²) in [4.78, 5) is 14.2. The quantitative estimate of drug-likeness (QED) is 0.627. The first-order valence-corrected chi connectivity index (χ1v) is 6.23. The van der Waals surface area contributed by atoms with Crippen molar-refractivity contribution in [1.29, 1.82) is 5.26 Å². The maximum absolute atomic E-state index is 10.7. The van der Waals surface area contributed by atoms with Crippen molar-refractivity contribution in [1.82, 2.24) is 14.8 Å². The second kappa shape index (κ2) is 5.48. The Morgan fingerprint density at radius 1 is 1.40 bits per heavy atom. The second-order valence-corrected chi connectivity index (χ2v) is 4.18. The number of aryl methyl sites for hydroxylation is 2. The van der Waals surface area contributed by atoms with Crippen LogP contribution in [-0.2, 0) is 12.8 Å². The molecule has 0 atom stereocenters. The number of pyridine rings is 1. The summed E-state index contributed by atoms with van der Waals surface area (Å²) in [7, 11) is 0. The van der Waals surface area contributed by atoms with Crippen LogP contribution >= 0.6 is 0 Å². The summed E-state index contributed by atoms with van der Waals surface area (Å²) in [5.41, 5.74) is 1.75. The van der Waals surface area contributed by atoms with Gasteiger partial charge in [-0.2, -0.15) is 10.4 Å². The average Bonchev–Trinajstić information content (AvgIpc) is 2.89. The summed E-state index contributed by atoms with van der Waals surface area (Å²) in [5, 5.41) is 24.3. The van der Waals surface area contributed by atoms with Crippen molar-refractivity contribution in [2.45, 2.75) is 26.7 Å². The van der Waals surface area contributed by atoms with E-state index in [1.807, 2.05) is 26.0 Å². The Bertz CT molecular complexity index is 699. The van der Waals surface area contributed by atoms with Crippen LogP contribution in [0, 0.1) is 21.4 Å². The molecule has 0 fully saturated rings. The molecule has 0 aromatic carbocycles. The van der Waals surface area contributed by atoms with Crippen molar-refractivity contribution in [2.24, 2.45) is 0 Å². The van der Waals surface area contributed by atoms with Crippen LogP contribution in [0.25, 0.3) is 5.82 Å². The summed E-state index contributed by atoms with van der Waals surface area (Å²) in [5.74, 6) is 0.328. The van der Waals surface area contributed by atoms with Crippen molar-refractivity contribution >= 4 is 5.69 Å². The lowest BCUT2D eigenvalue weighted by atomic mass is 10.2. The first-order chi connectivity index (χ1) is 9.60. The predicted octanol–water partition coefficient (Wildman–Crippen LogP) is 2.17. The molecule has 0 unspecified atom stereocenters. The maximum atomic E-state index is 10.7. The van der Waals surface area contributed by atoms with Crippen LogP contribution in [-0.4, -0.2) is 19.7 Å². The van der Waals surface area contributed by atoms with E-state index in [-0.39, 0.29) is 11.3 Å². The van der Waals surface area contributed by atoms with Crippen molar-refractivity contribution in [3.05, 3.63) is 45.4 Å².